The molecule has 5 nitrogen and oxygen atoms in total. The molecule has 23 heavy (non-hydrogen) atoms. The molecule has 1 N–H and O–H groups in total. The predicted molar refractivity (Wildman–Crippen MR) is 91.3 cm³/mol. The number of nitrogens with zero attached hydrogens (tertiary/aromatic N) is 3. The molecule has 1 aliphatic carbocycles. The quantitative estimate of drug-likeness (QED) is 0.931. The van der Waals surface area contributed by atoms with Crippen molar-refractivity contribution < 1.29 is 4.79 Å². The summed E-state index contributed by atoms with van der Waals surface area (Å²) >= 11 is 0. The normalized spacial score (nSPS) is 28.4. The Morgan fingerprint density at radius 1 is 1.26 bits per heavy atom. The van der Waals surface area contributed by atoms with Gasteiger partial charge in [0.05, 0.1) is 5.92 Å². The Kier molecular flexibility index (Phi) is 5.13. The van der Waals surface area contributed by atoms with Crippen molar-refractivity contribution in [1.82, 2.24) is 15.3 Å². The van der Waals surface area contributed by atoms with Gasteiger partial charge in [-0.15, -0.1) is 0 Å². The van der Waals surface area contributed by atoms with Crippen LogP contribution in [0.15, 0.2) is 12.3 Å². The molecule has 0 unspecified atom stereocenters. The maximum Gasteiger partial charge on any atom is 0.225 e. The molecular weight excluding hydrogens is 288 g/mol. The second kappa shape index (κ2) is 7.28. The second-order valence-corrected chi connectivity index (χ2v) is 7.16. The third kappa shape index (κ3) is 4.01. The van der Waals surface area contributed by atoms with E-state index in [-0.39, 0.29) is 11.8 Å². The monoisotopic (exact) mass is 316 g/mol. The number of rotatable bonds is 3. The van der Waals surface area contributed by atoms with Gasteiger partial charge in [0, 0.05) is 31.0 Å². The highest BCUT2D eigenvalue weighted by molar-refractivity contribution is 5.79. The van der Waals surface area contributed by atoms with E-state index in [0.29, 0.717) is 12.0 Å². The molecule has 1 aliphatic heterocycles. The molecule has 0 aromatic carbocycles. The first-order chi connectivity index (χ1) is 11.1. The van der Waals surface area contributed by atoms with Crippen molar-refractivity contribution >= 4 is 11.9 Å². The molecule has 3 atom stereocenters. The molecular formula is C18H28N4O. The van der Waals surface area contributed by atoms with Gasteiger partial charge in [-0.2, -0.15) is 0 Å². The Labute approximate surface area is 138 Å². The first kappa shape index (κ1) is 16.2. The molecule has 2 heterocycles. The lowest BCUT2D eigenvalue weighted by Gasteiger charge is -2.35. The maximum atomic E-state index is 12.7. The Hall–Kier alpha value is -1.65. The molecule has 2 aliphatic rings. The average Bonchev–Trinajstić information content (AvgIpc) is 2.57. The molecule has 5 heteroatoms. The summed E-state index contributed by atoms with van der Waals surface area (Å²) in [6.07, 6.45) is 8.69. The zero-order valence-corrected chi connectivity index (χ0v) is 14.3. The van der Waals surface area contributed by atoms with Crippen LogP contribution in [-0.4, -0.2) is 35.0 Å². The first-order valence-corrected chi connectivity index (χ1v) is 8.98. The molecule has 126 valence electrons. The van der Waals surface area contributed by atoms with E-state index in [2.05, 4.69) is 27.1 Å². The van der Waals surface area contributed by atoms with Crippen LogP contribution in [0.1, 0.15) is 51.1 Å². The molecule has 1 aromatic rings. The molecule has 0 spiro atoms. The Bertz CT molecular complexity index is 548. The van der Waals surface area contributed by atoms with E-state index in [9.17, 15) is 4.79 Å². The first-order valence-electron chi connectivity index (χ1n) is 8.98. The molecule has 3 rings (SSSR count). The van der Waals surface area contributed by atoms with Crippen LogP contribution in [0, 0.1) is 18.8 Å². The standard InChI is InChI=1S/C18H28N4O/c1-13-6-3-4-8-16(13)21-17(23)15-7-5-11-22(12-15)18-19-10-9-14(2)20-18/h9-10,13,15-16H,3-8,11-12H2,1-2H3,(H,21,23)/t13-,15-,16-/m1/s1. The SMILES string of the molecule is Cc1ccnc(N2CCC[C@@H](C(=O)N[C@@H]3CCCC[C@H]3C)C2)n1. The fraction of sp³-hybridized carbons (Fsp3) is 0.722. The minimum atomic E-state index is 0.0574. The summed E-state index contributed by atoms with van der Waals surface area (Å²) in [7, 11) is 0. The van der Waals surface area contributed by atoms with Crippen molar-refractivity contribution in [2.75, 3.05) is 18.0 Å². The summed E-state index contributed by atoms with van der Waals surface area (Å²) in [5.74, 6) is 1.64. The number of nitrogens with one attached hydrogen (secondary N) is 1. The van der Waals surface area contributed by atoms with Crippen molar-refractivity contribution in [3.63, 3.8) is 0 Å². The third-order valence-electron chi connectivity index (χ3n) is 5.30. The maximum absolute atomic E-state index is 12.7. The van der Waals surface area contributed by atoms with Crippen molar-refractivity contribution in [2.45, 2.75) is 58.4 Å². The molecule has 0 radical (unpaired) electrons. The van der Waals surface area contributed by atoms with Crippen LogP contribution in [0.4, 0.5) is 5.95 Å². The zero-order chi connectivity index (χ0) is 16.2. The lowest BCUT2D eigenvalue weighted by atomic mass is 9.85. The molecule has 1 aromatic heterocycles. The number of anilines is 1. The van der Waals surface area contributed by atoms with Gasteiger partial charge in [0.25, 0.3) is 0 Å². The van der Waals surface area contributed by atoms with Crippen LogP contribution in [-0.2, 0) is 4.79 Å². The fourth-order valence-corrected chi connectivity index (χ4v) is 3.79. The Morgan fingerprint density at radius 2 is 2.09 bits per heavy atom. The van der Waals surface area contributed by atoms with Crippen molar-refractivity contribution in [2.24, 2.45) is 11.8 Å². The third-order valence-corrected chi connectivity index (χ3v) is 5.30. The van der Waals surface area contributed by atoms with Gasteiger partial charge in [-0.1, -0.05) is 19.8 Å². The molecule has 1 saturated carbocycles. The van der Waals surface area contributed by atoms with Gasteiger partial charge >= 0.3 is 0 Å². The summed E-state index contributed by atoms with van der Waals surface area (Å²) in [4.78, 5) is 23.7. The van der Waals surface area contributed by atoms with Crippen LogP contribution in [0.5, 0.6) is 0 Å². The largest absolute Gasteiger partial charge is 0.353 e. The Morgan fingerprint density at radius 3 is 2.87 bits per heavy atom. The summed E-state index contributed by atoms with van der Waals surface area (Å²) in [5, 5.41) is 3.32. The van der Waals surface area contributed by atoms with Crippen LogP contribution in [0.25, 0.3) is 0 Å². The van der Waals surface area contributed by atoms with E-state index in [1.165, 1.54) is 19.3 Å². The Balaban J connectivity index is 1.60. The number of carbonyl (C=O) groups is 1. The molecule has 1 amide bonds. The lowest BCUT2D eigenvalue weighted by molar-refractivity contribution is -0.126. The van der Waals surface area contributed by atoms with Gasteiger partial charge in [0.15, 0.2) is 0 Å². The number of hydrogen-bond donors (Lipinski definition) is 1. The van der Waals surface area contributed by atoms with Gasteiger partial charge in [-0.05, 0) is 44.6 Å². The number of aryl methyl sites for hydroxylation is 1. The summed E-state index contributed by atoms with van der Waals surface area (Å²) < 4.78 is 0. The van der Waals surface area contributed by atoms with Crippen LogP contribution >= 0.6 is 0 Å². The van der Waals surface area contributed by atoms with E-state index in [1.54, 1.807) is 6.20 Å². The number of aromatic nitrogens is 2. The van der Waals surface area contributed by atoms with Crippen LogP contribution in [0.3, 0.4) is 0 Å². The van der Waals surface area contributed by atoms with Crippen molar-refractivity contribution in [1.29, 1.82) is 0 Å². The van der Waals surface area contributed by atoms with E-state index < -0.39 is 0 Å². The number of hydrogen-bond acceptors (Lipinski definition) is 4. The van der Waals surface area contributed by atoms with E-state index in [4.69, 9.17) is 0 Å². The highest BCUT2D eigenvalue weighted by atomic mass is 16.2. The predicted octanol–water partition coefficient (Wildman–Crippen LogP) is 2.70. The van der Waals surface area contributed by atoms with Gasteiger partial charge in [0.2, 0.25) is 11.9 Å². The van der Waals surface area contributed by atoms with Gasteiger partial charge in [-0.25, -0.2) is 9.97 Å². The summed E-state index contributed by atoms with van der Waals surface area (Å²) in [6, 6.07) is 2.27. The van der Waals surface area contributed by atoms with E-state index >= 15 is 0 Å². The highest BCUT2D eigenvalue weighted by Crippen LogP contribution is 2.25. The number of piperidine rings is 1. The minimum absolute atomic E-state index is 0.0574. The topological polar surface area (TPSA) is 58.1 Å². The smallest absolute Gasteiger partial charge is 0.225 e. The number of carbonyl (C=O) groups excluding carboxylic acids is 1. The fourth-order valence-electron chi connectivity index (χ4n) is 3.79. The average molecular weight is 316 g/mol. The van der Waals surface area contributed by atoms with E-state index in [0.717, 1.165) is 44.0 Å². The molecule has 0 bridgehead atoms. The second-order valence-electron chi connectivity index (χ2n) is 7.16. The van der Waals surface area contributed by atoms with Gasteiger partial charge in [0.1, 0.15) is 0 Å². The molecule has 2 fully saturated rings. The zero-order valence-electron chi connectivity index (χ0n) is 14.3. The molecule has 1 saturated heterocycles. The highest BCUT2D eigenvalue weighted by Gasteiger charge is 2.30. The van der Waals surface area contributed by atoms with E-state index in [1.807, 2.05) is 13.0 Å². The minimum Gasteiger partial charge on any atom is -0.353 e. The van der Waals surface area contributed by atoms with Gasteiger partial charge < -0.3 is 10.2 Å². The number of amides is 1. The summed E-state index contributed by atoms with van der Waals surface area (Å²) in [5.41, 5.74) is 0.970. The van der Waals surface area contributed by atoms with Crippen LogP contribution < -0.4 is 10.2 Å². The summed E-state index contributed by atoms with van der Waals surface area (Å²) in [6.45, 7) is 5.91. The van der Waals surface area contributed by atoms with Gasteiger partial charge in [-0.3, -0.25) is 4.79 Å². The van der Waals surface area contributed by atoms with Crippen molar-refractivity contribution in [3.8, 4) is 0 Å². The van der Waals surface area contributed by atoms with Crippen molar-refractivity contribution in [3.05, 3.63) is 18.0 Å². The van der Waals surface area contributed by atoms with Crippen LogP contribution in [0.2, 0.25) is 0 Å². The lowest BCUT2D eigenvalue weighted by Crippen LogP contribution is -2.48.